The molecule has 0 aromatic heterocycles. The van der Waals surface area contributed by atoms with E-state index in [2.05, 4.69) is 0 Å². The molecule has 0 aromatic carbocycles. The minimum atomic E-state index is -3.06. The SMILES string of the molecule is COCC(N)C(=O)N(C)CCS(C)(=O)=O. The third-order valence-electron chi connectivity index (χ3n) is 1.84. The Kier molecular flexibility index (Phi) is 5.77. The molecule has 0 aliphatic heterocycles. The first-order chi connectivity index (χ1) is 6.78. The van der Waals surface area contributed by atoms with E-state index in [-0.39, 0.29) is 24.8 Å². The van der Waals surface area contributed by atoms with Crippen molar-refractivity contribution in [1.82, 2.24) is 4.90 Å². The van der Waals surface area contributed by atoms with Crippen molar-refractivity contribution in [3.63, 3.8) is 0 Å². The van der Waals surface area contributed by atoms with Gasteiger partial charge in [-0.05, 0) is 0 Å². The lowest BCUT2D eigenvalue weighted by Crippen LogP contribution is -2.45. The maximum atomic E-state index is 11.5. The van der Waals surface area contributed by atoms with Crippen molar-refractivity contribution >= 4 is 15.7 Å². The molecule has 0 saturated carbocycles. The predicted molar refractivity (Wildman–Crippen MR) is 57.2 cm³/mol. The van der Waals surface area contributed by atoms with Gasteiger partial charge in [0.1, 0.15) is 15.9 Å². The zero-order chi connectivity index (χ0) is 12.1. The van der Waals surface area contributed by atoms with Gasteiger partial charge < -0.3 is 15.4 Å². The number of nitrogens with zero attached hydrogens (tertiary/aromatic N) is 1. The quantitative estimate of drug-likeness (QED) is 0.606. The van der Waals surface area contributed by atoms with Gasteiger partial charge in [0.05, 0.1) is 12.4 Å². The van der Waals surface area contributed by atoms with Crippen LogP contribution in [0.5, 0.6) is 0 Å². The number of sulfone groups is 1. The van der Waals surface area contributed by atoms with Gasteiger partial charge >= 0.3 is 0 Å². The smallest absolute Gasteiger partial charge is 0.241 e. The molecule has 0 bridgehead atoms. The normalized spacial score (nSPS) is 13.6. The summed E-state index contributed by atoms with van der Waals surface area (Å²) in [6, 6.07) is -0.737. The number of carbonyl (C=O) groups excluding carboxylic acids is 1. The Hall–Kier alpha value is -0.660. The number of amides is 1. The molecule has 1 amide bonds. The highest BCUT2D eigenvalue weighted by Crippen LogP contribution is 1.93. The van der Waals surface area contributed by atoms with Crippen LogP contribution in [-0.2, 0) is 19.4 Å². The summed E-state index contributed by atoms with van der Waals surface area (Å²) in [6.07, 6.45) is 1.13. The van der Waals surface area contributed by atoms with Crippen LogP contribution in [0.25, 0.3) is 0 Å². The van der Waals surface area contributed by atoms with Crippen molar-refractivity contribution in [2.24, 2.45) is 5.73 Å². The van der Waals surface area contributed by atoms with E-state index in [1.807, 2.05) is 0 Å². The first kappa shape index (κ1) is 14.3. The van der Waals surface area contributed by atoms with Crippen molar-refractivity contribution in [1.29, 1.82) is 0 Å². The molecule has 0 saturated heterocycles. The zero-order valence-corrected chi connectivity index (χ0v) is 10.1. The molecule has 0 rings (SSSR count). The third kappa shape index (κ3) is 6.43. The second-order valence-corrected chi connectivity index (χ2v) is 5.71. The average Bonchev–Trinajstić information content (AvgIpc) is 2.12. The van der Waals surface area contributed by atoms with Crippen LogP contribution in [0.2, 0.25) is 0 Å². The minimum absolute atomic E-state index is 0.0606. The van der Waals surface area contributed by atoms with Crippen molar-refractivity contribution in [2.75, 3.05) is 39.3 Å². The van der Waals surface area contributed by atoms with Crippen LogP contribution in [0.4, 0.5) is 0 Å². The van der Waals surface area contributed by atoms with Crippen LogP contribution in [0, 0.1) is 0 Å². The summed E-state index contributed by atoms with van der Waals surface area (Å²) >= 11 is 0. The second-order valence-electron chi connectivity index (χ2n) is 3.45. The molecular weight excluding hydrogens is 220 g/mol. The monoisotopic (exact) mass is 238 g/mol. The minimum Gasteiger partial charge on any atom is -0.383 e. The van der Waals surface area contributed by atoms with Gasteiger partial charge in [-0.15, -0.1) is 0 Å². The van der Waals surface area contributed by atoms with Gasteiger partial charge in [0.2, 0.25) is 5.91 Å². The van der Waals surface area contributed by atoms with Gasteiger partial charge in [0, 0.05) is 27.0 Å². The Bertz CT molecular complexity index is 302. The van der Waals surface area contributed by atoms with Crippen LogP contribution < -0.4 is 5.73 Å². The number of hydrogen-bond acceptors (Lipinski definition) is 5. The van der Waals surface area contributed by atoms with Gasteiger partial charge in [-0.25, -0.2) is 8.42 Å². The Morgan fingerprint density at radius 1 is 1.53 bits per heavy atom. The van der Waals surface area contributed by atoms with Gasteiger partial charge in [-0.2, -0.15) is 0 Å². The number of rotatable bonds is 6. The molecule has 0 heterocycles. The molecule has 6 nitrogen and oxygen atoms in total. The lowest BCUT2D eigenvalue weighted by Gasteiger charge is -2.20. The zero-order valence-electron chi connectivity index (χ0n) is 9.26. The highest BCUT2D eigenvalue weighted by atomic mass is 32.2. The largest absolute Gasteiger partial charge is 0.383 e. The summed E-state index contributed by atoms with van der Waals surface area (Å²) in [6.45, 7) is 0.275. The van der Waals surface area contributed by atoms with Crippen molar-refractivity contribution in [3.8, 4) is 0 Å². The molecule has 0 aliphatic rings. The Balaban J connectivity index is 4.10. The van der Waals surface area contributed by atoms with E-state index in [0.717, 1.165) is 6.26 Å². The molecule has 1 unspecified atom stereocenters. The maximum absolute atomic E-state index is 11.5. The summed E-state index contributed by atoms with van der Waals surface area (Å²) < 4.78 is 26.4. The highest BCUT2D eigenvalue weighted by molar-refractivity contribution is 7.90. The summed E-state index contributed by atoms with van der Waals surface area (Å²) in [5.74, 6) is -0.380. The molecule has 0 aromatic rings. The van der Waals surface area contributed by atoms with Crippen molar-refractivity contribution in [2.45, 2.75) is 6.04 Å². The lowest BCUT2D eigenvalue weighted by atomic mass is 10.3. The van der Waals surface area contributed by atoms with Gasteiger partial charge in [0.25, 0.3) is 0 Å². The molecule has 1 atom stereocenters. The van der Waals surface area contributed by atoms with Gasteiger partial charge in [-0.1, -0.05) is 0 Å². The standard InChI is InChI=1S/C8H18N2O4S/c1-10(4-5-15(3,12)13)8(11)7(9)6-14-2/h7H,4-6,9H2,1-3H3. The van der Waals surface area contributed by atoms with Crippen LogP contribution in [-0.4, -0.2) is 64.6 Å². The van der Waals surface area contributed by atoms with E-state index in [0.29, 0.717) is 0 Å². The second kappa shape index (κ2) is 6.04. The van der Waals surface area contributed by atoms with E-state index in [1.165, 1.54) is 19.1 Å². The topological polar surface area (TPSA) is 89.7 Å². The Morgan fingerprint density at radius 2 is 2.07 bits per heavy atom. The Morgan fingerprint density at radius 3 is 2.47 bits per heavy atom. The summed E-state index contributed by atoms with van der Waals surface area (Å²) in [5, 5.41) is 0. The molecule has 0 spiro atoms. The molecular formula is C8H18N2O4S. The van der Waals surface area contributed by atoms with Gasteiger partial charge in [-0.3, -0.25) is 4.79 Å². The molecule has 90 valence electrons. The first-order valence-electron chi connectivity index (χ1n) is 4.45. The number of likely N-dealkylation sites (N-methyl/N-ethyl adjacent to an activating group) is 1. The van der Waals surface area contributed by atoms with Crippen LogP contribution in [0.1, 0.15) is 0 Å². The fraction of sp³-hybridized carbons (Fsp3) is 0.875. The fourth-order valence-electron chi connectivity index (χ4n) is 0.947. The summed E-state index contributed by atoms with van der Waals surface area (Å²) in [5.41, 5.74) is 5.50. The highest BCUT2D eigenvalue weighted by Gasteiger charge is 2.18. The number of ether oxygens (including phenoxy) is 1. The molecule has 0 aliphatic carbocycles. The third-order valence-corrected chi connectivity index (χ3v) is 2.76. The van der Waals surface area contributed by atoms with Crippen LogP contribution in [0.3, 0.4) is 0 Å². The summed E-state index contributed by atoms with van der Waals surface area (Å²) in [4.78, 5) is 12.8. The number of nitrogens with two attached hydrogens (primary N) is 1. The van der Waals surface area contributed by atoms with E-state index < -0.39 is 15.9 Å². The molecule has 0 fully saturated rings. The molecule has 0 radical (unpaired) electrons. The molecule has 7 heteroatoms. The van der Waals surface area contributed by atoms with Crippen molar-refractivity contribution < 1.29 is 17.9 Å². The Labute approximate surface area is 90.3 Å². The van der Waals surface area contributed by atoms with Gasteiger partial charge in [0.15, 0.2) is 0 Å². The van der Waals surface area contributed by atoms with E-state index in [9.17, 15) is 13.2 Å². The average molecular weight is 238 g/mol. The van der Waals surface area contributed by atoms with E-state index >= 15 is 0 Å². The predicted octanol–water partition coefficient (Wildman–Crippen LogP) is -1.54. The summed E-state index contributed by atoms with van der Waals surface area (Å²) in [7, 11) is -0.0917. The number of hydrogen-bond donors (Lipinski definition) is 1. The van der Waals surface area contributed by atoms with Crippen LogP contribution in [0.15, 0.2) is 0 Å². The molecule has 15 heavy (non-hydrogen) atoms. The van der Waals surface area contributed by atoms with Crippen molar-refractivity contribution in [3.05, 3.63) is 0 Å². The van der Waals surface area contributed by atoms with Crippen LogP contribution >= 0.6 is 0 Å². The van der Waals surface area contributed by atoms with E-state index in [4.69, 9.17) is 10.5 Å². The number of methoxy groups -OCH3 is 1. The maximum Gasteiger partial charge on any atom is 0.241 e. The molecule has 2 N–H and O–H groups in total. The first-order valence-corrected chi connectivity index (χ1v) is 6.51. The fourth-order valence-corrected chi connectivity index (χ4v) is 1.55. The van der Waals surface area contributed by atoms with E-state index in [1.54, 1.807) is 0 Å². The number of carbonyl (C=O) groups is 1. The lowest BCUT2D eigenvalue weighted by molar-refractivity contribution is -0.132.